The number of fused-ring (bicyclic) bond motifs is 1. The lowest BCUT2D eigenvalue weighted by atomic mass is 9.97. The van der Waals surface area contributed by atoms with Crippen LogP contribution in [-0.2, 0) is 38.0 Å². The van der Waals surface area contributed by atoms with Gasteiger partial charge in [0.25, 0.3) is 0 Å². The van der Waals surface area contributed by atoms with Gasteiger partial charge >= 0.3 is 11.9 Å². The molecule has 0 aromatic heterocycles. The molecule has 3 rings (SSSR count). The molecule has 6 atom stereocenters. The fraction of sp³-hybridized carbons (Fsp3) is 0.814. The summed E-state index contributed by atoms with van der Waals surface area (Å²) in [5, 5.41) is 0. The smallest absolute Gasteiger partial charge is 0.306 e. The molecule has 9 heteroatoms. The molecule has 0 aliphatic carbocycles. The van der Waals surface area contributed by atoms with Crippen molar-refractivity contribution in [3.8, 4) is 5.75 Å². The van der Waals surface area contributed by atoms with Crippen molar-refractivity contribution in [2.75, 3.05) is 20.8 Å². The van der Waals surface area contributed by atoms with E-state index in [9.17, 15) is 9.59 Å². The standard InChI is InChI=1S/C43H72O9/c1-5-7-9-11-13-15-17-19-21-23-25-27-37(44)50-40-39-36(33-48-42(52-39)34-29-31-35(46-3)32-30-34)49-43(47-4)41(40)51-38(45)28-26-24-22-20-18-16-14-12-10-8-6-2/h29-32,36,39-43H,5-28,33H2,1-4H3/t36-,39-,40+,41-,42?,43+/m1/s1. The first-order valence-electron chi connectivity index (χ1n) is 21.0. The van der Waals surface area contributed by atoms with Crippen molar-refractivity contribution < 1.29 is 42.7 Å². The molecule has 298 valence electrons. The first kappa shape index (κ1) is 44.2. The number of rotatable bonds is 29. The topological polar surface area (TPSA) is 98.8 Å². The molecule has 2 saturated heterocycles. The van der Waals surface area contributed by atoms with Crippen LogP contribution >= 0.6 is 0 Å². The highest BCUT2D eigenvalue weighted by Crippen LogP contribution is 2.37. The van der Waals surface area contributed by atoms with Crippen molar-refractivity contribution >= 4 is 11.9 Å². The summed E-state index contributed by atoms with van der Waals surface area (Å²) in [5.74, 6) is 0.0366. The molecule has 2 fully saturated rings. The summed E-state index contributed by atoms with van der Waals surface area (Å²) in [5.41, 5.74) is 0.796. The summed E-state index contributed by atoms with van der Waals surface area (Å²) in [6.07, 6.45) is 22.2. The van der Waals surface area contributed by atoms with Gasteiger partial charge in [0, 0.05) is 25.5 Å². The van der Waals surface area contributed by atoms with Crippen molar-refractivity contribution in [2.24, 2.45) is 0 Å². The van der Waals surface area contributed by atoms with Gasteiger partial charge in [-0.1, -0.05) is 154 Å². The summed E-state index contributed by atoms with van der Waals surface area (Å²) in [7, 11) is 3.12. The van der Waals surface area contributed by atoms with Gasteiger partial charge in [0.15, 0.2) is 24.8 Å². The average molecular weight is 733 g/mol. The van der Waals surface area contributed by atoms with Crippen LogP contribution in [0.1, 0.15) is 180 Å². The zero-order valence-electron chi connectivity index (χ0n) is 33.1. The van der Waals surface area contributed by atoms with E-state index in [0.29, 0.717) is 6.42 Å². The number of benzene rings is 1. The van der Waals surface area contributed by atoms with E-state index in [1.807, 2.05) is 24.3 Å². The largest absolute Gasteiger partial charge is 0.497 e. The van der Waals surface area contributed by atoms with Gasteiger partial charge < -0.3 is 33.2 Å². The summed E-state index contributed by atoms with van der Waals surface area (Å²) < 4.78 is 41.9. The molecule has 0 saturated carbocycles. The molecule has 52 heavy (non-hydrogen) atoms. The van der Waals surface area contributed by atoms with Crippen molar-refractivity contribution in [1.29, 1.82) is 0 Å². The van der Waals surface area contributed by atoms with Gasteiger partial charge in [0.1, 0.15) is 18.0 Å². The molecule has 0 N–H and O–H groups in total. The second kappa shape index (κ2) is 27.4. The predicted molar refractivity (Wildman–Crippen MR) is 204 cm³/mol. The van der Waals surface area contributed by atoms with Crippen molar-refractivity contribution in [1.82, 2.24) is 0 Å². The van der Waals surface area contributed by atoms with Gasteiger partial charge in [-0.15, -0.1) is 0 Å². The van der Waals surface area contributed by atoms with E-state index in [4.69, 9.17) is 33.2 Å². The van der Waals surface area contributed by atoms with Crippen LogP contribution in [0.4, 0.5) is 0 Å². The van der Waals surface area contributed by atoms with Crippen LogP contribution in [0.5, 0.6) is 5.75 Å². The number of hydrogen-bond donors (Lipinski definition) is 0. The van der Waals surface area contributed by atoms with Crippen LogP contribution in [0, 0.1) is 0 Å². The molecule has 1 aromatic rings. The Morgan fingerprint density at radius 3 is 1.48 bits per heavy atom. The normalized spacial score (nSPS) is 22.8. The van der Waals surface area contributed by atoms with E-state index >= 15 is 0 Å². The molecule has 0 radical (unpaired) electrons. The number of methoxy groups -OCH3 is 2. The Kier molecular flexibility index (Phi) is 23.3. The van der Waals surface area contributed by atoms with Gasteiger partial charge in [-0.25, -0.2) is 0 Å². The summed E-state index contributed by atoms with van der Waals surface area (Å²) in [6, 6.07) is 7.45. The monoisotopic (exact) mass is 733 g/mol. The highest BCUT2D eigenvalue weighted by atomic mass is 16.8. The zero-order valence-corrected chi connectivity index (χ0v) is 33.1. The van der Waals surface area contributed by atoms with E-state index in [1.165, 1.54) is 110 Å². The molecular formula is C43H72O9. The maximum atomic E-state index is 13.3. The number of hydrogen-bond acceptors (Lipinski definition) is 9. The van der Waals surface area contributed by atoms with Crippen LogP contribution < -0.4 is 4.74 Å². The zero-order chi connectivity index (χ0) is 37.2. The molecule has 2 aliphatic heterocycles. The summed E-state index contributed by atoms with van der Waals surface area (Å²) in [6.45, 7) is 4.70. The molecule has 0 amide bonds. The SMILES string of the molecule is CCCCCCCCCCCCCC(=O)O[C@@H]1[C@@H](OC(=O)CCCCCCCCCCCCC)[C@@H](OC)O[C@@H]2COC(c3ccc(OC)cc3)O[C@@H]12. The Morgan fingerprint density at radius 2 is 1.04 bits per heavy atom. The third kappa shape index (κ3) is 16.9. The Labute approximate surface area is 315 Å². The molecule has 2 aliphatic rings. The van der Waals surface area contributed by atoms with E-state index in [1.54, 1.807) is 7.11 Å². The molecule has 9 nitrogen and oxygen atoms in total. The second-order valence-corrected chi connectivity index (χ2v) is 14.8. The molecular weight excluding hydrogens is 660 g/mol. The minimum atomic E-state index is -0.970. The second-order valence-electron chi connectivity index (χ2n) is 14.8. The number of unbranched alkanes of at least 4 members (excludes halogenated alkanes) is 20. The van der Waals surface area contributed by atoms with Crippen LogP contribution in [0.25, 0.3) is 0 Å². The molecule has 1 unspecified atom stereocenters. The molecule has 2 heterocycles. The van der Waals surface area contributed by atoms with Gasteiger partial charge in [-0.2, -0.15) is 0 Å². The molecule has 0 bridgehead atoms. The fourth-order valence-electron chi connectivity index (χ4n) is 7.21. The lowest BCUT2D eigenvalue weighted by Gasteiger charge is -2.47. The number of ether oxygens (including phenoxy) is 7. The molecule has 0 spiro atoms. The first-order valence-corrected chi connectivity index (χ1v) is 21.0. The maximum absolute atomic E-state index is 13.3. The fourth-order valence-corrected chi connectivity index (χ4v) is 7.21. The molecule has 1 aromatic carbocycles. The van der Waals surface area contributed by atoms with Crippen LogP contribution in [0.2, 0.25) is 0 Å². The van der Waals surface area contributed by atoms with Crippen molar-refractivity contribution in [2.45, 2.75) is 205 Å². The van der Waals surface area contributed by atoms with Crippen molar-refractivity contribution in [3.05, 3.63) is 29.8 Å². The first-order chi connectivity index (χ1) is 25.5. The summed E-state index contributed by atoms with van der Waals surface area (Å²) in [4.78, 5) is 26.5. The van der Waals surface area contributed by atoms with E-state index in [2.05, 4.69) is 13.8 Å². The summed E-state index contributed by atoms with van der Waals surface area (Å²) >= 11 is 0. The van der Waals surface area contributed by atoms with Crippen LogP contribution in [-0.4, -0.2) is 63.5 Å². The minimum Gasteiger partial charge on any atom is -0.497 e. The quantitative estimate of drug-likeness (QED) is 0.0588. The van der Waals surface area contributed by atoms with E-state index in [0.717, 1.165) is 49.8 Å². The highest BCUT2D eigenvalue weighted by molar-refractivity contribution is 5.70. The minimum absolute atomic E-state index is 0.202. The Morgan fingerprint density at radius 1 is 0.596 bits per heavy atom. The highest BCUT2D eigenvalue weighted by Gasteiger charge is 2.54. The Bertz CT molecular complexity index is 1060. The van der Waals surface area contributed by atoms with Gasteiger partial charge in [0.2, 0.25) is 0 Å². The van der Waals surface area contributed by atoms with Crippen molar-refractivity contribution in [3.63, 3.8) is 0 Å². The van der Waals surface area contributed by atoms with Gasteiger partial charge in [0.05, 0.1) is 13.7 Å². The van der Waals surface area contributed by atoms with Crippen LogP contribution in [0.15, 0.2) is 24.3 Å². The lowest BCUT2D eigenvalue weighted by molar-refractivity contribution is -0.359. The maximum Gasteiger partial charge on any atom is 0.306 e. The van der Waals surface area contributed by atoms with Gasteiger partial charge in [-0.3, -0.25) is 9.59 Å². The number of carbonyl (C=O) groups is 2. The average Bonchev–Trinajstić information content (AvgIpc) is 3.16. The Balaban J connectivity index is 1.53. The Hall–Kier alpha value is -2.20. The van der Waals surface area contributed by atoms with E-state index in [-0.39, 0.29) is 25.0 Å². The van der Waals surface area contributed by atoms with E-state index < -0.39 is 37.0 Å². The third-order valence-electron chi connectivity index (χ3n) is 10.4. The lowest BCUT2D eigenvalue weighted by Crippen LogP contribution is -2.64. The van der Waals surface area contributed by atoms with Gasteiger partial charge in [-0.05, 0) is 25.0 Å². The number of esters is 2. The predicted octanol–water partition coefficient (Wildman–Crippen LogP) is 10.7. The number of carbonyl (C=O) groups excluding carboxylic acids is 2. The third-order valence-corrected chi connectivity index (χ3v) is 10.4. The van der Waals surface area contributed by atoms with Crippen LogP contribution in [0.3, 0.4) is 0 Å².